The Bertz CT molecular complexity index is 560. The minimum atomic E-state index is 0.705. The molecule has 3 heteroatoms. The fourth-order valence-electron chi connectivity index (χ4n) is 3.00. The Morgan fingerprint density at radius 3 is 2.80 bits per heavy atom. The van der Waals surface area contributed by atoms with Crippen LogP contribution in [0.4, 0.5) is 0 Å². The van der Waals surface area contributed by atoms with Crippen LogP contribution in [-0.4, -0.2) is 6.54 Å². The number of hydrogen-bond donors (Lipinski definition) is 1. The minimum Gasteiger partial charge on any atom is -0.327 e. The largest absolute Gasteiger partial charge is 0.327 e. The van der Waals surface area contributed by atoms with E-state index in [9.17, 15) is 0 Å². The van der Waals surface area contributed by atoms with Gasteiger partial charge in [-0.3, -0.25) is 0 Å². The van der Waals surface area contributed by atoms with E-state index in [-0.39, 0.29) is 0 Å². The Hall–Kier alpha value is -0.900. The van der Waals surface area contributed by atoms with Crippen molar-refractivity contribution in [1.29, 1.82) is 0 Å². The first-order valence-electron chi connectivity index (χ1n) is 7.40. The zero-order valence-corrected chi connectivity index (χ0v) is 13.3. The van der Waals surface area contributed by atoms with E-state index in [4.69, 9.17) is 5.73 Å². The molecule has 1 fully saturated rings. The summed E-state index contributed by atoms with van der Waals surface area (Å²) in [5, 5.41) is 4.39. The van der Waals surface area contributed by atoms with E-state index in [0.29, 0.717) is 6.54 Å². The van der Waals surface area contributed by atoms with Gasteiger partial charge in [0.1, 0.15) is 0 Å². The third kappa shape index (κ3) is 3.22. The van der Waals surface area contributed by atoms with Gasteiger partial charge in [-0.25, -0.2) is 0 Å². The average Bonchev–Trinajstić information content (AvgIpc) is 3.16. The molecular weight excluding hydrogens is 282 g/mol. The van der Waals surface area contributed by atoms with E-state index in [0.717, 1.165) is 5.92 Å². The monoisotopic (exact) mass is 303 g/mol. The van der Waals surface area contributed by atoms with Gasteiger partial charge in [-0.1, -0.05) is 30.9 Å². The first kappa shape index (κ1) is 14.1. The number of thiophene rings is 2. The van der Waals surface area contributed by atoms with E-state index in [2.05, 4.69) is 35.0 Å². The summed E-state index contributed by atoms with van der Waals surface area (Å²) >= 11 is 3.63. The summed E-state index contributed by atoms with van der Waals surface area (Å²) in [5.41, 5.74) is 8.78. The van der Waals surface area contributed by atoms with Gasteiger partial charge in [0, 0.05) is 21.9 Å². The van der Waals surface area contributed by atoms with Crippen molar-refractivity contribution in [3.8, 4) is 10.4 Å². The van der Waals surface area contributed by atoms with Crippen molar-refractivity contribution in [2.45, 2.75) is 32.1 Å². The average molecular weight is 303 g/mol. The van der Waals surface area contributed by atoms with Crippen LogP contribution in [0.1, 0.15) is 37.0 Å². The Morgan fingerprint density at radius 2 is 2.10 bits per heavy atom. The predicted molar refractivity (Wildman–Crippen MR) is 91.2 cm³/mol. The van der Waals surface area contributed by atoms with E-state index in [1.165, 1.54) is 53.0 Å². The van der Waals surface area contributed by atoms with E-state index in [1.54, 1.807) is 11.3 Å². The smallest absolute Gasteiger partial charge is 0.0351 e. The molecule has 20 heavy (non-hydrogen) atoms. The molecule has 2 N–H and O–H groups in total. The Kier molecular flexibility index (Phi) is 4.71. The molecule has 0 unspecified atom stereocenters. The maximum Gasteiger partial charge on any atom is 0.0351 e. The fourth-order valence-corrected chi connectivity index (χ4v) is 4.66. The zero-order valence-electron chi connectivity index (χ0n) is 11.7. The van der Waals surface area contributed by atoms with Gasteiger partial charge in [-0.15, -0.1) is 22.7 Å². The number of nitrogens with two attached hydrogens (primary N) is 1. The van der Waals surface area contributed by atoms with Crippen LogP contribution < -0.4 is 5.73 Å². The first-order valence-corrected chi connectivity index (χ1v) is 9.15. The van der Waals surface area contributed by atoms with Gasteiger partial charge in [-0.2, -0.15) is 0 Å². The molecule has 1 aliphatic rings. The molecule has 0 aromatic carbocycles. The SMILES string of the molecule is NC/C(=C/c1cc(-c2cccs2)cs1)C1CCCCC1. The van der Waals surface area contributed by atoms with Crippen LogP contribution in [-0.2, 0) is 0 Å². The molecule has 0 saturated heterocycles. The van der Waals surface area contributed by atoms with Crippen molar-refractivity contribution in [3.05, 3.63) is 39.4 Å². The molecule has 0 amide bonds. The van der Waals surface area contributed by atoms with Crippen LogP contribution in [0.5, 0.6) is 0 Å². The third-order valence-corrected chi connectivity index (χ3v) is 5.92. The van der Waals surface area contributed by atoms with Crippen LogP contribution in [0.15, 0.2) is 34.5 Å². The van der Waals surface area contributed by atoms with Crippen molar-refractivity contribution in [2.24, 2.45) is 11.7 Å². The normalized spacial score (nSPS) is 17.6. The van der Waals surface area contributed by atoms with E-state index >= 15 is 0 Å². The highest BCUT2D eigenvalue weighted by Gasteiger charge is 2.17. The van der Waals surface area contributed by atoms with Crippen molar-refractivity contribution in [1.82, 2.24) is 0 Å². The van der Waals surface area contributed by atoms with Gasteiger partial charge in [0.25, 0.3) is 0 Å². The first-order chi connectivity index (χ1) is 9.86. The maximum absolute atomic E-state index is 5.99. The standard InChI is InChI=1S/C17H21NS2/c18-11-14(13-5-2-1-3-6-13)9-16-10-15(12-20-16)17-7-4-8-19-17/h4,7-10,12-13H,1-3,5-6,11,18H2/b14-9-. The van der Waals surface area contributed by atoms with Crippen LogP contribution in [0.3, 0.4) is 0 Å². The predicted octanol–water partition coefficient (Wildman–Crippen LogP) is 5.40. The van der Waals surface area contributed by atoms with Crippen molar-refractivity contribution in [3.63, 3.8) is 0 Å². The molecule has 1 saturated carbocycles. The lowest BCUT2D eigenvalue weighted by atomic mass is 9.83. The van der Waals surface area contributed by atoms with Gasteiger partial charge in [0.2, 0.25) is 0 Å². The molecule has 0 bridgehead atoms. The van der Waals surface area contributed by atoms with Crippen LogP contribution in [0, 0.1) is 5.92 Å². The summed E-state index contributed by atoms with van der Waals surface area (Å²) in [6.07, 6.45) is 9.13. The third-order valence-electron chi connectivity index (χ3n) is 4.12. The lowest BCUT2D eigenvalue weighted by Crippen LogP contribution is -2.15. The molecule has 1 nitrogen and oxygen atoms in total. The lowest BCUT2D eigenvalue weighted by Gasteiger charge is -2.23. The second kappa shape index (κ2) is 6.70. The van der Waals surface area contributed by atoms with Crippen molar-refractivity contribution < 1.29 is 0 Å². The molecule has 106 valence electrons. The summed E-state index contributed by atoms with van der Waals surface area (Å²) < 4.78 is 0. The highest BCUT2D eigenvalue weighted by Crippen LogP contribution is 2.33. The minimum absolute atomic E-state index is 0.705. The maximum atomic E-state index is 5.99. The second-order valence-corrected chi connectivity index (χ2v) is 7.36. The number of hydrogen-bond acceptors (Lipinski definition) is 3. The Morgan fingerprint density at radius 1 is 1.25 bits per heavy atom. The van der Waals surface area contributed by atoms with Crippen LogP contribution in [0.25, 0.3) is 16.5 Å². The highest BCUT2D eigenvalue weighted by molar-refractivity contribution is 7.15. The quantitative estimate of drug-likeness (QED) is 0.804. The summed E-state index contributed by atoms with van der Waals surface area (Å²) in [5.74, 6) is 0.723. The van der Waals surface area contributed by atoms with Gasteiger partial charge >= 0.3 is 0 Å². The molecule has 0 aliphatic heterocycles. The van der Waals surface area contributed by atoms with Gasteiger partial charge < -0.3 is 5.73 Å². The van der Waals surface area contributed by atoms with Crippen LogP contribution in [0.2, 0.25) is 0 Å². The molecule has 3 rings (SSSR count). The Balaban J connectivity index is 1.79. The summed E-state index contributed by atoms with van der Waals surface area (Å²) in [7, 11) is 0. The second-order valence-electron chi connectivity index (χ2n) is 5.47. The fraction of sp³-hybridized carbons (Fsp3) is 0.412. The molecule has 0 spiro atoms. The summed E-state index contributed by atoms with van der Waals surface area (Å²) in [6.45, 7) is 0.705. The molecule has 2 heterocycles. The zero-order chi connectivity index (χ0) is 13.8. The van der Waals surface area contributed by atoms with E-state index < -0.39 is 0 Å². The summed E-state index contributed by atoms with van der Waals surface area (Å²) in [6, 6.07) is 6.60. The van der Waals surface area contributed by atoms with Gasteiger partial charge in [0.05, 0.1) is 0 Å². The molecule has 2 aromatic heterocycles. The molecule has 0 radical (unpaired) electrons. The van der Waals surface area contributed by atoms with Crippen molar-refractivity contribution >= 4 is 28.7 Å². The van der Waals surface area contributed by atoms with Crippen molar-refractivity contribution in [2.75, 3.05) is 6.54 Å². The van der Waals surface area contributed by atoms with Crippen LogP contribution >= 0.6 is 22.7 Å². The molecular formula is C17H21NS2. The Labute approximate surface area is 129 Å². The van der Waals surface area contributed by atoms with Gasteiger partial charge in [0.15, 0.2) is 0 Å². The molecule has 1 aliphatic carbocycles. The molecule has 0 atom stereocenters. The highest BCUT2D eigenvalue weighted by atomic mass is 32.1. The summed E-state index contributed by atoms with van der Waals surface area (Å²) in [4.78, 5) is 2.70. The lowest BCUT2D eigenvalue weighted by molar-refractivity contribution is 0.401. The number of rotatable bonds is 4. The van der Waals surface area contributed by atoms with E-state index in [1.807, 2.05) is 11.3 Å². The topological polar surface area (TPSA) is 26.0 Å². The molecule has 2 aromatic rings. The van der Waals surface area contributed by atoms with Gasteiger partial charge in [-0.05, 0) is 47.7 Å².